The van der Waals surface area contributed by atoms with E-state index in [1.54, 1.807) is 0 Å². The summed E-state index contributed by atoms with van der Waals surface area (Å²) in [6, 6.07) is 0. The van der Waals surface area contributed by atoms with Crippen LogP contribution in [0.2, 0.25) is 0 Å². The van der Waals surface area contributed by atoms with Crippen LogP contribution in [0.1, 0.15) is 40.5 Å². The quantitative estimate of drug-likeness (QED) is 0.626. The molecule has 0 rings (SSSR count). The Kier molecular flexibility index (Phi) is 3.69. The maximum Gasteiger partial charge on any atom is 0.0668 e. The van der Waals surface area contributed by atoms with E-state index in [0.717, 1.165) is 12.8 Å². The van der Waals surface area contributed by atoms with E-state index in [1.807, 2.05) is 25.8 Å². The van der Waals surface area contributed by atoms with Gasteiger partial charge in [-0.1, -0.05) is 13.8 Å². The van der Waals surface area contributed by atoms with E-state index in [-0.39, 0.29) is 11.3 Å². The first-order valence-electron chi connectivity index (χ1n) is 4.59. The Balaban J connectivity index is 4.47. The van der Waals surface area contributed by atoms with Gasteiger partial charge in [0.15, 0.2) is 0 Å². The number of nitrogens with zero attached hydrogens (tertiary/aromatic N) is 1. The van der Waals surface area contributed by atoms with Crippen molar-refractivity contribution in [2.75, 3.05) is 7.05 Å². The highest BCUT2D eigenvalue weighted by Crippen LogP contribution is 2.20. The summed E-state index contributed by atoms with van der Waals surface area (Å²) >= 11 is 0. The molecule has 2 atom stereocenters. The van der Waals surface area contributed by atoms with Crippen LogP contribution in [-0.4, -0.2) is 23.3 Å². The van der Waals surface area contributed by atoms with E-state index in [1.165, 1.54) is 0 Å². The monoisotopic (exact) mass is 173 g/mol. The lowest BCUT2D eigenvalue weighted by Crippen LogP contribution is -2.64. The van der Waals surface area contributed by atoms with Crippen molar-refractivity contribution in [3.8, 4) is 0 Å². The van der Waals surface area contributed by atoms with Gasteiger partial charge in [0.1, 0.15) is 0 Å². The summed E-state index contributed by atoms with van der Waals surface area (Å²) in [6.45, 7) is 8.16. The van der Waals surface area contributed by atoms with E-state index in [2.05, 4.69) is 13.8 Å². The van der Waals surface area contributed by atoms with Crippen LogP contribution < -0.4 is 11.5 Å². The summed E-state index contributed by atoms with van der Waals surface area (Å²) in [5.41, 5.74) is 11.5. The molecule has 74 valence electrons. The molecule has 0 aliphatic carbocycles. The molecule has 0 fully saturated rings. The van der Waals surface area contributed by atoms with E-state index < -0.39 is 0 Å². The van der Waals surface area contributed by atoms with Crippen molar-refractivity contribution in [2.45, 2.75) is 51.9 Å². The van der Waals surface area contributed by atoms with Gasteiger partial charge < -0.3 is 11.5 Å². The molecule has 0 saturated carbocycles. The molecule has 4 N–H and O–H groups in total. The normalized spacial score (nSPS) is 22.0. The summed E-state index contributed by atoms with van der Waals surface area (Å²) in [6.07, 6.45) is 1.80. The van der Waals surface area contributed by atoms with Crippen molar-refractivity contribution >= 4 is 0 Å². The number of hydrogen-bond acceptors (Lipinski definition) is 3. The molecule has 0 aromatic carbocycles. The van der Waals surface area contributed by atoms with Crippen LogP contribution in [0, 0.1) is 0 Å². The third kappa shape index (κ3) is 2.44. The number of hydrogen-bond donors (Lipinski definition) is 2. The maximum absolute atomic E-state index is 6.07. The van der Waals surface area contributed by atoms with Gasteiger partial charge in [-0.15, -0.1) is 0 Å². The molecular weight excluding hydrogens is 150 g/mol. The Morgan fingerprint density at radius 3 is 1.42 bits per heavy atom. The van der Waals surface area contributed by atoms with E-state index in [0.29, 0.717) is 0 Å². The topological polar surface area (TPSA) is 55.3 Å². The lowest BCUT2D eigenvalue weighted by Gasteiger charge is -2.45. The fraction of sp³-hybridized carbons (Fsp3) is 1.00. The first-order chi connectivity index (χ1) is 5.28. The summed E-state index contributed by atoms with van der Waals surface area (Å²) < 4.78 is 0. The summed E-state index contributed by atoms with van der Waals surface area (Å²) in [7, 11) is 1.98. The lowest BCUT2D eigenvalue weighted by atomic mass is 10.0. The SMILES string of the molecule is CCC(C)(N)N(C)C(C)(N)CC. The van der Waals surface area contributed by atoms with Gasteiger partial charge in [0, 0.05) is 0 Å². The zero-order valence-electron chi connectivity index (χ0n) is 9.02. The molecule has 0 bridgehead atoms. The van der Waals surface area contributed by atoms with Crippen LogP contribution in [0.3, 0.4) is 0 Å². The van der Waals surface area contributed by atoms with Crippen molar-refractivity contribution in [1.29, 1.82) is 0 Å². The highest BCUT2D eigenvalue weighted by atomic mass is 15.3. The van der Waals surface area contributed by atoms with E-state index >= 15 is 0 Å². The summed E-state index contributed by atoms with van der Waals surface area (Å²) in [5.74, 6) is 0. The Morgan fingerprint density at radius 2 is 1.25 bits per heavy atom. The molecular formula is C9H23N3. The summed E-state index contributed by atoms with van der Waals surface area (Å²) in [5, 5.41) is 0. The maximum atomic E-state index is 6.07. The summed E-state index contributed by atoms with van der Waals surface area (Å²) in [4.78, 5) is 2.04. The lowest BCUT2D eigenvalue weighted by molar-refractivity contribution is 0.0235. The Bertz CT molecular complexity index is 125. The molecule has 2 unspecified atom stereocenters. The van der Waals surface area contributed by atoms with E-state index in [4.69, 9.17) is 11.5 Å². The third-order valence-electron chi connectivity index (χ3n) is 2.96. The highest BCUT2D eigenvalue weighted by Gasteiger charge is 2.32. The zero-order valence-corrected chi connectivity index (χ0v) is 9.02. The van der Waals surface area contributed by atoms with Gasteiger partial charge in [0.2, 0.25) is 0 Å². The van der Waals surface area contributed by atoms with Crippen molar-refractivity contribution in [2.24, 2.45) is 11.5 Å². The molecule has 0 radical (unpaired) electrons. The van der Waals surface area contributed by atoms with Gasteiger partial charge in [-0.25, -0.2) is 0 Å². The standard InChI is InChI=1S/C9H23N3/c1-6-8(3,10)12(5)9(4,11)7-2/h6-7,10-11H2,1-5H3. The second-order valence-corrected chi connectivity index (χ2v) is 3.98. The molecule has 3 nitrogen and oxygen atoms in total. The van der Waals surface area contributed by atoms with Crippen LogP contribution in [0.4, 0.5) is 0 Å². The van der Waals surface area contributed by atoms with Gasteiger partial charge in [-0.3, -0.25) is 4.90 Å². The van der Waals surface area contributed by atoms with Crippen LogP contribution in [0.25, 0.3) is 0 Å². The molecule has 0 heterocycles. The molecule has 0 saturated heterocycles. The van der Waals surface area contributed by atoms with Crippen molar-refractivity contribution in [1.82, 2.24) is 4.90 Å². The van der Waals surface area contributed by atoms with Crippen LogP contribution in [0.5, 0.6) is 0 Å². The molecule has 0 aromatic heterocycles. The molecule has 0 spiro atoms. The third-order valence-corrected chi connectivity index (χ3v) is 2.96. The first kappa shape index (κ1) is 11.9. The number of rotatable bonds is 4. The average Bonchev–Trinajstić information content (AvgIpc) is 2.03. The Labute approximate surface area is 76.1 Å². The van der Waals surface area contributed by atoms with Crippen LogP contribution in [-0.2, 0) is 0 Å². The fourth-order valence-electron chi connectivity index (χ4n) is 1.06. The van der Waals surface area contributed by atoms with Crippen molar-refractivity contribution in [3.05, 3.63) is 0 Å². The molecule has 0 aliphatic heterocycles. The molecule has 0 aromatic rings. The largest absolute Gasteiger partial charge is 0.313 e. The predicted octanol–water partition coefficient (Wildman–Crippen LogP) is 1.09. The molecule has 0 aliphatic rings. The molecule has 3 heteroatoms. The van der Waals surface area contributed by atoms with Gasteiger partial charge in [-0.2, -0.15) is 0 Å². The Morgan fingerprint density at radius 1 is 1.00 bits per heavy atom. The highest BCUT2D eigenvalue weighted by molar-refractivity contribution is 4.86. The van der Waals surface area contributed by atoms with Gasteiger partial charge >= 0.3 is 0 Å². The Hall–Kier alpha value is -0.120. The minimum Gasteiger partial charge on any atom is -0.313 e. The fourth-order valence-corrected chi connectivity index (χ4v) is 1.06. The molecule has 12 heavy (non-hydrogen) atoms. The zero-order chi connectivity index (χ0) is 9.99. The smallest absolute Gasteiger partial charge is 0.0668 e. The average molecular weight is 173 g/mol. The van der Waals surface area contributed by atoms with Crippen LogP contribution in [0.15, 0.2) is 0 Å². The van der Waals surface area contributed by atoms with Crippen molar-refractivity contribution in [3.63, 3.8) is 0 Å². The second-order valence-electron chi connectivity index (χ2n) is 3.98. The number of nitrogens with two attached hydrogens (primary N) is 2. The van der Waals surface area contributed by atoms with Crippen molar-refractivity contribution < 1.29 is 0 Å². The van der Waals surface area contributed by atoms with Gasteiger partial charge in [0.05, 0.1) is 11.3 Å². The molecule has 0 amide bonds. The van der Waals surface area contributed by atoms with Gasteiger partial charge in [-0.05, 0) is 33.7 Å². The van der Waals surface area contributed by atoms with E-state index in [9.17, 15) is 0 Å². The minimum absolute atomic E-state index is 0.306. The first-order valence-corrected chi connectivity index (χ1v) is 4.59. The van der Waals surface area contributed by atoms with Gasteiger partial charge in [0.25, 0.3) is 0 Å². The minimum atomic E-state index is -0.306. The second kappa shape index (κ2) is 3.73. The predicted molar refractivity (Wildman–Crippen MR) is 53.5 cm³/mol. The van der Waals surface area contributed by atoms with Crippen LogP contribution >= 0.6 is 0 Å².